The Bertz CT molecular complexity index is 900. The van der Waals surface area contributed by atoms with Gasteiger partial charge in [0, 0.05) is 5.92 Å². The van der Waals surface area contributed by atoms with Crippen LogP contribution in [0, 0.1) is 27.0 Å². The summed E-state index contributed by atoms with van der Waals surface area (Å²) in [5, 5.41) is 27.0. The summed E-state index contributed by atoms with van der Waals surface area (Å²) in [5.41, 5.74) is 4.00. The smallest absolute Gasteiger partial charge is 0.222 e. The Morgan fingerprint density at radius 2 is 0.475 bits per heavy atom. The second-order valence-electron chi connectivity index (χ2n) is 5.18. The largest absolute Gasteiger partial charge is 0.231 e. The van der Waals surface area contributed by atoms with Gasteiger partial charge in [0.2, 0.25) is 30.4 Å². The molecule has 0 saturated heterocycles. The van der Waals surface area contributed by atoms with Crippen molar-refractivity contribution in [2.45, 2.75) is 50.5 Å². The molecular weight excluding hydrogens is 510 g/mol. The molecule has 220 valence electrons. The quantitative estimate of drug-likeness (QED) is 0.123. The van der Waals surface area contributed by atoms with Gasteiger partial charge in [-0.3, -0.25) is 0 Å². The Kier molecular flexibility index (Phi) is 75.1. The van der Waals surface area contributed by atoms with Crippen LogP contribution in [0.1, 0.15) is 67.2 Å². The molecule has 0 bridgehead atoms. The van der Waals surface area contributed by atoms with E-state index in [1.165, 1.54) is 16.7 Å². The molecule has 0 aromatic heterocycles. The molecule has 5 N–H and O–H groups in total. The molecule has 3 aromatic rings. The molecule has 10 nitrogen and oxygen atoms in total. The van der Waals surface area contributed by atoms with Crippen molar-refractivity contribution in [2.75, 3.05) is 0 Å². The maximum atomic E-state index is 8.35. The van der Waals surface area contributed by atoms with Gasteiger partial charge in [0.15, 0.2) is 0 Å². The van der Waals surface area contributed by atoms with E-state index in [9.17, 15) is 0 Å². The lowest BCUT2D eigenvalue weighted by molar-refractivity contribution is 0.562. The van der Waals surface area contributed by atoms with Crippen LogP contribution in [-0.4, -0.2) is 30.4 Å². The lowest BCUT2D eigenvalue weighted by atomic mass is 9.85. The van der Waals surface area contributed by atoms with Crippen molar-refractivity contribution in [1.29, 1.82) is 27.0 Å². The van der Waals surface area contributed by atoms with Gasteiger partial charge in [-0.1, -0.05) is 136 Å². The van der Waals surface area contributed by atoms with E-state index in [0.29, 0.717) is 5.92 Å². The molecule has 3 aromatic carbocycles. The van der Waals surface area contributed by atoms with Gasteiger partial charge in [-0.2, -0.15) is 0 Å². The monoisotopic (exact) mass is 555 g/mol. The summed E-state index contributed by atoms with van der Waals surface area (Å²) >= 11 is 0. The molecule has 0 saturated carbocycles. The number of isocyanates is 5. The first-order valence-corrected chi connectivity index (χ1v) is 8.87. The average Bonchev–Trinajstić information content (AvgIpc) is 2.84. The number of nitrogens with one attached hydrogen (secondary N) is 5. The van der Waals surface area contributed by atoms with Gasteiger partial charge < -0.3 is 0 Å². The summed E-state index contributed by atoms with van der Waals surface area (Å²) in [6, 6.07) is 32.0. The summed E-state index contributed by atoms with van der Waals surface area (Å²) in [5.74, 6) is 0.309. The number of carbonyl (C=O) groups excluding carboxylic acids is 5. The van der Waals surface area contributed by atoms with Crippen LogP contribution in [0.3, 0.4) is 0 Å². The number of hydrogen-bond donors (Lipinski definition) is 5. The molecule has 0 unspecified atom stereocenters. The van der Waals surface area contributed by atoms with Gasteiger partial charge in [-0.15, -0.1) is 0 Å². The molecule has 0 aliphatic rings. The maximum absolute atomic E-state index is 8.35. The molecule has 0 radical (unpaired) electrons. The average molecular weight is 556 g/mol. The maximum Gasteiger partial charge on any atom is 0.231 e. The van der Waals surface area contributed by atoms with Crippen molar-refractivity contribution >= 4 is 30.4 Å². The molecule has 0 spiro atoms. The van der Waals surface area contributed by atoms with Crippen LogP contribution in [0.25, 0.3) is 0 Å². The normalized spacial score (nSPS) is 6.03. The Hall–Kier alpha value is -5.44. The van der Waals surface area contributed by atoms with E-state index in [-0.39, 0.29) is 44.6 Å². The van der Waals surface area contributed by atoms with Crippen LogP contribution >= 0.6 is 0 Å². The van der Waals surface area contributed by atoms with E-state index in [2.05, 4.69) is 91.0 Å². The van der Waals surface area contributed by atoms with Crippen LogP contribution in [0.15, 0.2) is 91.0 Å². The van der Waals surface area contributed by atoms with Gasteiger partial charge >= 0.3 is 0 Å². The third-order valence-electron chi connectivity index (χ3n) is 3.40. The predicted molar refractivity (Wildman–Crippen MR) is 163 cm³/mol. The van der Waals surface area contributed by atoms with E-state index < -0.39 is 0 Å². The van der Waals surface area contributed by atoms with Gasteiger partial charge in [0.25, 0.3) is 0 Å². The molecule has 10 heteroatoms. The molecule has 40 heavy (non-hydrogen) atoms. The van der Waals surface area contributed by atoms with Crippen molar-refractivity contribution in [2.24, 2.45) is 0 Å². The SMILES string of the molecule is C.C.C.C.C.C.N=C=O.N=C=O.N=C=O.N=C=O.N=C=O.c1ccc(C(c2ccccc2)c2ccccc2)cc1. The molecular formula is C30H45N5O5. The Morgan fingerprint density at radius 3 is 0.600 bits per heavy atom. The lowest BCUT2D eigenvalue weighted by Crippen LogP contribution is -2.02. The summed E-state index contributed by atoms with van der Waals surface area (Å²) in [6.45, 7) is 0. The highest BCUT2D eigenvalue weighted by Gasteiger charge is 2.15. The first-order chi connectivity index (χ1) is 16.5. The minimum atomic E-state index is 0. The fourth-order valence-corrected chi connectivity index (χ4v) is 2.51. The molecule has 3 rings (SSSR count). The van der Waals surface area contributed by atoms with Crippen molar-refractivity contribution in [3.05, 3.63) is 108 Å². The molecule has 0 amide bonds. The molecule has 0 fully saturated rings. The van der Waals surface area contributed by atoms with E-state index in [0.717, 1.165) is 30.4 Å². The fourth-order valence-electron chi connectivity index (χ4n) is 2.51. The standard InChI is InChI=1S/C19H16.5CHNO.6CH4/c1-4-10-16(11-5-1)19(17-12-6-2-7-13-17)18-14-8-3-9-15-18;5*2-1-3;;;;;;/h1-15,19H;5*2H;6*1H4. The third kappa shape index (κ3) is 34.7. The highest BCUT2D eigenvalue weighted by atomic mass is 16.1. The minimum Gasteiger partial charge on any atom is -0.222 e. The van der Waals surface area contributed by atoms with Gasteiger partial charge in [0.05, 0.1) is 0 Å². The van der Waals surface area contributed by atoms with Crippen LogP contribution in [0.5, 0.6) is 0 Å². The molecule has 0 atom stereocenters. The zero-order chi connectivity index (χ0) is 26.5. The number of benzene rings is 3. The van der Waals surface area contributed by atoms with E-state index in [4.69, 9.17) is 51.0 Å². The first-order valence-electron chi connectivity index (χ1n) is 8.87. The highest BCUT2D eigenvalue weighted by Crippen LogP contribution is 2.31. The minimum absolute atomic E-state index is 0. The van der Waals surface area contributed by atoms with E-state index in [1.54, 1.807) is 0 Å². The Labute approximate surface area is 239 Å². The molecule has 0 aliphatic carbocycles. The highest BCUT2D eigenvalue weighted by molar-refractivity contribution is 5.42. The predicted octanol–water partition coefficient (Wildman–Crippen LogP) is 8.19. The van der Waals surface area contributed by atoms with Gasteiger partial charge in [0.1, 0.15) is 0 Å². The topological polar surface area (TPSA) is 205 Å². The van der Waals surface area contributed by atoms with Crippen molar-refractivity contribution in [3.63, 3.8) is 0 Å². The lowest BCUT2D eigenvalue weighted by Gasteiger charge is -2.18. The summed E-state index contributed by atoms with van der Waals surface area (Å²) in [7, 11) is 0. The van der Waals surface area contributed by atoms with E-state index >= 15 is 0 Å². The van der Waals surface area contributed by atoms with Gasteiger partial charge in [-0.25, -0.2) is 51.0 Å². The second kappa shape index (κ2) is 50.4. The van der Waals surface area contributed by atoms with Crippen LogP contribution < -0.4 is 0 Å². The van der Waals surface area contributed by atoms with Gasteiger partial charge in [-0.05, 0) is 16.7 Å². The van der Waals surface area contributed by atoms with Crippen LogP contribution in [0.4, 0.5) is 0 Å². The number of rotatable bonds is 3. The Morgan fingerprint density at radius 1 is 0.350 bits per heavy atom. The Balaban J connectivity index is -0.0000000563. The summed E-state index contributed by atoms with van der Waals surface area (Å²) in [6.07, 6.45) is 3.75. The second-order valence-corrected chi connectivity index (χ2v) is 5.18. The van der Waals surface area contributed by atoms with Crippen molar-refractivity contribution in [1.82, 2.24) is 0 Å². The first kappa shape index (κ1) is 59.6. The van der Waals surface area contributed by atoms with Crippen molar-refractivity contribution < 1.29 is 24.0 Å². The van der Waals surface area contributed by atoms with Crippen molar-refractivity contribution in [3.8, 4) is 0 Å². The van der Waals surface area contributed by atoms with Crippen LogP contribution in [0.2, 0.25) is 0 Å². The number of hydrogen-bond acceptors (Lipinski definition) is 10. The third-order valence-corrected chi connectivity index (χ3v) is 3.40. The van der Waals surface area contributed by atoms with Crippen LogP contribution in [-0.2, 0) is 24.0 Å². The fraction of sp³-hybridized carbons (Fsp3) is 0.233. The molecule has 0 aliphatic heterocycles. The molecule has 0 heterocycles. The summed E-state index contributed by atoms with van der Waals surface area (Å²) < 4.78 is 0. The zero-order valence-corrected chi connectivity index (χ0v) is 17.8. The zero-order valence-electron chi connectivity index (χ0n) is 17.8. The van der Waals surface area contributed by atoms with E-state index in [1.807, 2.05) is 0 Å². The summed E-state index contributed by atoms with van der Waals surface area (Å²) in [4.78, 5) is 41.7.